The first-order chi connectivity index (χ1) is 7.74. The third-order valence-corrected chi connectivity index (χ3v) is 2.12. The van der Waals surface area contributed by atoms with Crippen molar-refractivity contribution in [2.75, 3.05) is 0 Å². The first-order valence-electron chi connectivity index (χ1n) is 5.03. The van der Waals surface area contributed by atoms with Crippen LogP contribution < -0.4 is 5.32 Å². The van der Waals surface area contributed by atoms with Crippen molar-refractivity contribution < 1.29 is 9.21 Å². The Kier molecular flexibility index (Phi) is 3.05. The minimum Gasteiger partial charge on any atom is -0.467 e. The molecule has 2 aromatic rings. The normalized spacial score (nSPS) is 10.3. The maximum absolute atomic E-state index is 11.5. The highest BCUT2D eigenvalue weighted by Crippen LogP contribution is 1.98. The Balaban J connectivity index is 1.81. The summed E-state index contributed by atoms with van der Waals surface area (Å²) in [7, 11) is 0. The van der Waals surface area contributed by atoms with Crippen molar-refractivity contribution >= 4 is 5.91 Å². The van der Waals surface area contributed by atoms with Gasteiger partial charge in [-0.2, -0.15) is 5.10 Å². The molecule has 0 unspecified atom stereocenters. The quantitative estimate of drug-likeness (QED) is 0.837. The molecule has 0 aliphatic carbocycles. The predicted molar refractivity (Wildman–Crippen MR) is 57.5 cm³/mol. The molecular weight excluding hydrogens is 206 g/mol. The van der Waals surface area contributed by atoms with Crippen LogP contribution in [-0.4, -0.2) is 15.7 Å². The molecule has 5 nitrogen and oxygen atoms in total. The maximum Gasteiger partial charge on any atom is 0.242 e. The molecule has 0 bridgehead atoms. The molecule has 0 aromatic carbocycles. The van der Waals surface area contributed by atoms with Crippen LogP contribution in [0.15, 0.2) is 35.1 Å². The highest BCUT2D eigenvalue weighted by atomic mass is 16.3. The van der Waals surface area contributed by atoms with E-state index in [9.17, 15) is 4.79 Å². The van der Waals surface area contributed by atoms with Gasteiger partial charge >= 0.3 is 0 Å². The van der Waals surface area contributed by atoms with Gasteiger partial charge in [-0.3, -0.25) is 9.48 Å². The summed E-state index contributed by atoms with van der Waals surface area (Å²) in [6.07, 6.45) is 3.36. The van der Waals surface area contributed by atoms with Gasteiger partial charge < -0.3 is 9.73 Å². The average molecular weight is 219 g/mol. The molecule has 0 atom stereocenters. The number of aromatic nitrogens is 2. The maximum atomic E-state index is 11.5. The van der Waals surface area contributed by atoms with Crippen LogP contribution in [0.1, 0.15) is 11.5 Å². The van der Waals surface area contributed by atoms with Crippen molar-refractivity contribution in [2.24, 2.45) is 0 Å². The van der Waals surface area contributed by atoms with Crippen molar-refractivity contribution in [2.45, 2.75) is 20.0 Å². The van der Waals surface area contributed by atoms with Gasteiger partial charge in [0.2, 0.25) is 5.91 Å². The van der Waals surface area contributed by atoms with Gasteiger partial charge in [0.25, 0.3) is 0 Å². The highest BCUT2D eigenvalue weighted by molar-refractivity contribution is 5.75. The van der Waals surface area contributed by atoms with E-state index in [1.54, 1.807) is 23.2 Å². The fourth-order valence-corrected chi connectivity index (χ4v) is 1.35. The van der Waals surface area contributed by atoms with Crippen LogP contribution >= 0.6 is 0 Å². The molecule has 2 heterocycles. The molecule has 0 spiro atoms. The zero-order chi connectivity index (χ0) is 11.4. The Hall–Kier alpha value is -2.04. The number of carbonyl (C=O) groups excluding carboxylic acids is 1. The van der Waals surface area contributed by atoms with Crippen LogP contribution in [0.4, 0.5) is 0 Å². The molecule has 0 aliphatic heterocycles. The van der Waals surface area contributed by atoms with E-state index in [1.807, 2.05) is 19.1 Å². The van der Waals surface area contributed by atoms with E-state index in [1.165, 1.54) is 0 Å². The molecule has 0 aliphatic rings. The molecule has 0 fully saturated rings. The summed E-state index contributed by atoms with van der Waals surface area (Å²) in [5.41, 5.74) is 0.902. The van der Waals surface area contributed by atoms with E-state index >= 15 is 0 Å². The van der Waals surface area contributed by atoms with Crippen molar-refractivity contribution in [1.29, 1.82) is 0 Å². The Morgan fingerprint density at radius 2 is 2.44 bits per heavy atom. The molecule has 2 rings (SSSR count). The van der Waals surface area contributed by atoms with Gasteiger partial charge in [0.05, 0.1) is 18.5 Å². The van der Waals surface area contributed by atoms with E-state index in [0.717, 1.165) is 11.5 Å². The first-order valence-corrected chi connectivity index (χ1v) is 5.03. The summed E-state index contributed by atoms with van der Waals surface area (Å²) >= 11 is 0. The van der Waals surface area contributed by atoms with Crippen molar-refractivity contribution in [3.8, 4) is 0 Å². The van der Waals surface area contributed by atoms with Gasteiger partial charge in [-0.15, -0.1) is 0 Å². The number of hydrogen-bond acceptors (Lipinski definition) is 3. The highest BCUT2D eigenvalue weighted by Gasteiger charge is 2.04. The number of nitrogens with one attached hydrogen (secondary N) is 1. The molecule has 2 aromatic heterocycles. The zero-order valence-electron chi connectivity index (χ0n) is 9.01. The van der Waals surface area contributed by atoms with Crippen molar-refractivity contribution in [1.82, 2.24) is 15.1 Å². The van der Waals surface area contributed by atoms with Crippen LogP contribution in [0.2, 0.25) is 0 Å². The summed E-state index contributed by atoms with van der Waals surface area (Å²) in [4.78, 5) is 11.5. The van der Waals surface area contributed by atoms with Crippen LogP contribution in [-0.2, 0) is 17.9 Å². The Morgan fingerprint density at radius 3 is 3.06 bits per heavy atom. The third-order valence-electron chi connectivity index (χ3n) is 2.12. The van der Waals surface area contributed by atoms with E-state index in [-0.39, 0.29) is 12.5 Å². The lowest BCUT2D eigenvalue weighted by Gasteiger charge is -2.03. The fourth-order valence-electron chi connectivity index (χ4n) is 1.35. The largest absolute Gasteiger partial charge is 0.467 e. The summed E-state index contributed by atoms with van der Waals surface area (Å²) in [5.74, 6) is 0.657. The summed E-state index contributed by atoms with van der Waals surface area (Å²) < 4.78 is 6.71. The number of furan rings is 1. The Bertz CT molecular complexity index is 459. The van der Waals surface area contributed by atoms with Crippen molar-refractivity contribution in [3.63, 3.8) is 0 Å². The Labute approximate surface area is 93.1 Å². The lowest BCUT2D eigenvalue weighted by atomic mass is 10.4. The molecule has 84 valence electrons. The van der Waals surface area contributed by atoms with Crippen LogP contribution in [0.5, 0.6) is 0 Å². The molecule has 5 heteroatoms. The average Bonchev–Trinajstić information content (AvgIpc) is 2.87. The number of aryl methyl sites for hydroxylation is 1. The molecule has 0 radical (unpaired) electrons. The lowest BCUT2D eigenvalue weighted by molar-refractivity contribution is -0.122. The zero-order valence-corrected chi connectivity index (χ0v) is 9.01. The van der Waals surface area contributed by atoms with Crippen LogP contribution in [0.25, 0.3) is 0 Å². The van der Waals surface area contributed by atoms with E-state index in [0.29, 0.717) is 6.54 Å². The smallest absolute Gasteiger partial charge is 0.242 e. The number of nitrogens with zero attached hydrogens (tertiary/aromatic N) is 2. The van der Waals surface area contributed by atoms with E-state index < -0.39 is 0 Å². The second-order valence-corrected chi connectivity index (χ2v) is 3.51. The summed E-state index contributed by atoms with van der Waals surface area (Å²) in [6.45, 7) is 2.53. The fraction of sp³-hybridized carbons (Fsp3) is 0.273. The van der Waals surface area contributed by atoms with Gasteiger partial charge in [0.15, 0.2) is 0 Å². The van der Waals surface area contributed by atoms with Gasteiger partial charge in [-0.1, -0.05) is 0 Å². The SMILES string of the molecule is Cc1ccn(CC(=O)NCc2ccco2)n1. The minimum atomic E-state index is -0.0838. The Morgan fingerprint density at radius 1 is 1.56 bits per heavy atom. The summed E-state index contributed by atoms with van der Waals surface area (Å²) in [5, 5.41) is 6.88. The predicted octanol–water partition coefficient (Wildman–Crippen LogP) is 1.10. The molecular formula is C11H13N3O2. The molecule has 1 N–H and O–H groups in total. The molecule has 16 heavy (non-hydrogen) atoms. The third kappa shape index (κ3) is 2.73. The minimum absolute atomic E-state index is 0.0838. The molecule has 0 saturated carbocycles. The molecule has 1 amide bonds. The monoisotopic (exact) mass is 219 g/mol. The number of carbonyl (C=O) groups is 1. The van der Waals surface area contributed by atoms with Crippen LogP contribution in [0.3, 0.4) is 0 Å². The lowest BCUT2D eigenvalue weighted by Crippen LogP contribution is -2.27. The second kappa shape index (κ2) is 4.65. The standard InChI is InChI=1S/C11H13N3O2/c1-9-4-5-14(13-9)8-11(15)12-7-10-3-2-6-16-10/h2-6H,7-8H2,1H3,(H,12,15). The number of hydrogen-bond donors (Lipinski definition) is 1. The summed E-state index contributed by atoms with van der Waals surface area (Å²) in [6, 6.07) is 5.47. The van der Waals surface area contributed by atoms with Gasteiger partial charge in [0.1, 0.15) is 12.3 Å². The van der Waals surface area contributed by atoms with E-state index in [2.05, 4.69) is 10.4 Å². The molecule has 0 saturated heterocycles. The van der Waals surface area contributed by atoms with Crippen molar-refractivity contribution in [3.05, 3.63) is 42.1 Å². The van der Waals surface area contributed by atoms with Gasteiger partial charge in [-0.05, 0) is 25.1 Å². The van der Waals surface area contributed by atoms with Gasteiger partial charge in [0, 0.05) is 6.20 Å². The number of rotatable bonds is 4. The van der Waals surface area contributed by atoms with Crippen LogP contribution in [0, 0.1) is 6.92 Å². The second-order valence-electron chi connectivity index (χ2n) is 3.51. The number of amides is 1. The topological polar surface area (TPSA) is 60.1 Å². The first kappa shape index (κ1) is 10.5. The van der Waals surface area contributed by atoms with E-state index in [4.69, 9.17) is 4.42 Å². The van der Waals surface area contributed by atoms with Gasteiger partial charge in [-0.25, -0.2) is 0 Å².